The minimum Gasteiger partial charge on any atom is -0.394 e. The molecule has 1 amide bonds. The Hall–Kier alpha value is -1.41. The van der Waals surface area contributed by atoms with Gasteiger partial charge in [-0.1, -0.05) is 0 Å². The van der Waals surface area contributed by atoms with E-state index in [-0.39, 0.29) is 5.69 Å². The van der Waals surface area contributed by atoms with Crippen LogP contribution >= 0.6 is 0 Å². The lowest BCUT2D eigenvalue weighted by molar-refractivity contribution is -0.0532. The number of amides is 1. The molecule has 94 valence electrons. The van der Waals surface area contributed by atoms with Crippen molar-refractivity contribution >= 4 is 5.91 Å². The van der Waals surface area contributed by atoms with E-state index in [9.17, 15) is 15.0 Å². The van der Waals surface area contributed by atoms with Gasteiger partial charge in [0, 0.05) is 6.20 Å². The van der Waals surface area contributed by atoms with Crippen LogP contribution in [0.25, 0.3) is 0 Å². The number of hydrogen-bond donors (Lipinski definition) is 4. The molecule has 7 nitrogen and oxygen atoms in total. The number of aliphatic hydroxyl groups excluding tert-OH is 3. The van der Waals surface area contributed by atoms with E-state index < -0.39 is 37.1 Å². The first-order valence-electron chi connectivity index (χ1n) is 5.15. The predicted molar refractivity (Wildman–Crippen MR) is 56.0 cm³/mol. The molecule has 1 aliphatic heterocycles. The van der Waals surface area contributed by atoms with Gasteiger partial charge in [0.15, 0.2) is 6.23 Å². The number of ether oxygens (including phenoxy) is 1. The van der Waals surface area contributed by atoms with Crippen molar-refractivity contribution in [2.24, 2.45) is 5.73 Å². The van der Waals surface area contributed by atoms with Crippen molar-refractivity contribution in [1.29, 1.82) is 0 Å². The van der Waals surface area contributed by atoms with E-state index in [0.717, 1.165) is 0 Å². The van der Waals surface area contributed by atoms with Crippen LogP contribution < -0.4 is 5.73 Å². The van der Waals surface area contributed by atoms with Gasteiger partial charge in [-0.15, -0.1) is 0 Å². The zero-order valence-electron chi connectivity index (χ0n) is 8.93. The molecule has 0 saturated carbocycles. The first-order valence-corrected chi connectivity index (χ1v) is 5.15. The maximum Gasteiger partial charge on any atom is 0.265 e. The van der Waals surface area contributed by atoms with Gasteiger partial charge in [-0.3, -0.25) is 4.79 Å². The molecule has 17 heavy (non-hydrogen) atoms. The van der Waals surface area contributed by atoms with Crippen LogP contribution in [0.15, 0.2) is 18.3 Å². The standard InChI is InChI=1S/C10H14N2O5/c11-9(16)5-2-1-3-12(5)10-8(15)7(14)6(4-13)17-10/h1-3,6-8,10,13-15H,4H2,(H2,11,16)/t6-,7-,8+,10-/m1/s1. The van der Waals surface area contributed by atoms with Gasteiger partial charge in [0.1, 0.15) is 24.0 Å². The average molecular weight is 242 g/mol. The minimum atomic E-state index is -1.22. The Morgan fingerprint density at radius 3 is 2.71 bits per heavy atom. The Morgan fingerprint density at radius 2 is 2.18 bits per heavy atom. The summed E-state index contributed by atoms with van der Waals surface area (Å²) in [5.41, 5.74) is 5.33. The van der Waals surface area contributed by atoms with Crippen molar-refractivity contribution in [2.75, 3.05) is 6.61 Å². The fourth-order valence-corrected chi connectivity index (χ4v) is 1.93. The molecule has 7 heteroatoms. The molecule has 0 bridgehead atoms. The van der Waals surface area contributed by atoms with Gasteiger partial charge in [0.25, 0.3) is 5.91 Å². The Kier molecular flexibility index (Phi) is 3.16. The Balaban J connectivity index is 2.29. The number of nitrogens with zero attached hydrogens (tertiary/aromatic N) is 1. The van der Waals surface area contributed by atoms with Crippen LogP contribution in [0.4, 0.5) is 0 Å². The number of hydrogen-bond acceptors (Lipinski definition) is 5. The second-order valence-electron chi connectivity index (χ2n) is 3.89. The topological polar surface area (TPSA) is 118 Å². The predicted octanol–water partition coefficient (Wildman–Crippen LogP) is -1.80. The fourth-order valence-electron chi connectivity index (χ4n) is 1.93. The van der Waals surface area contributed by atoms with Crippen LogP contribution in [0.3, 0.4) is 0 Å². The third-order valence-electron chi connectivity index (χ3n) is 2.82. The van der Waals surface area contributed by atoms with Crippen molar-refractivity contribution < 1.29 is 24.9 Å². The van der Waals surface area contributed by atoms with E-state index in [1.54, 1.807) is 6.07 Å². The molecule has 0 aromatic carbocycles. The molecular weight excluding hydrogens is 228 g/mol. The lowest BCUT2D eigenvalue weighted by Crippen LogP contribution is -2.33. The van der Waals surface area contributed by atoms with Crippen LogP contribution in [0.5, 0.6) is 0 Å². The van der Waals surface area contributed by atoms with E-state index in [4.69, 9.17) is 15.6 Å². The molecule has 0 radical (unpaired) electrons. The van der Waals surface area contributed by atoms with Crippen LogP contribution in [0.2, 0.25) is 0 Å². The first-order chi connectivity index (χ1) is 8.06. The highest BCUT2D eigenvalue weighted by molar-refractivity contribution is 5.91. The Labute approximate surface area is 97.0 Å². The molecule has 2 heterocycles. The SMILES string of the molecule is NC(=O)c1cccn1[C@@H]1O[C@H](CO)[C@@H](O)[C@@H]1O. The Morgan fingerprint density at radius 1 is 1.47 bits per heavy atom. The number of carbonyl (C=O) groups excluding carboxylic acids is 1. The summed E-state index contributed by atoms with van der Waals surface area (Å²) in [6.07, 6.45) is -2.72. The van der Waals surface area contributed by atoms with Gasteiger partial charge in [-0.05, 0) is 12.1 Å². The third kappa shape index (κ3) is 1.93. The van der Waals surface area contributed by atoms with Gasteiger partial charge < -0.3 is 30.4 Å². The zero-order valence-corrected chi connectivity index (χ0v) is 8.93. The molecule has 1 saturated heterocycles. The van der Waals surface area contributed by atoms with Gasteiger partial charge in [0.05, 0.1) is 6.61 Å². The monoisotopic (exact) mass is 242 g/mol. The van der Waals surface area contributed by atoms with E-state index >= 15 is 0 Å². The number of primary amides is 1. The van der Waals surface area contributed by atoms with Crippen LogP contribution in [-0.2, 0) is 4.74 Å². The molecule has 4 atom stereocenters. The van der Waals surface area contributed by atoms with Crippen molar-refractivity contribution in [2.45, 2.75) is 24.5 Å². The smallest absolute Gasteiger partial charge is 0.265 e. The quantitative estimate of drug-likeness (QED) is 0.498. The lowest BCUT2D eigenvalue weighted by atomic mass is 10.1. The summed E-state index contributed by atoms with van der Waals surface area (Å²) in [7, 11) is 0. The molecule has 0 spiro atoms. The summed E-state index contributed by atoms with van der Waals surface area (Å²) in [6, 6.07) is 3.06. The first kappa shape index (κ1) is 12.1. The molecule has 1 aromatic heterocycles. The van der Waals surface area contributed by atoms with Crippen LogP contribution in [0, 0.1) is 0 Å². The second-order valence-corrected chi connectivity index (χ2v) is 3.89. The summed E-state index contributed by atoms with van der Waals surface area (Å²) in [4.78, 5) is 11.1. The lowest BCUT2D eigenvalue weighted by Gasteiger charge is -2.18. The van der Waals surface area contributed by atoms with Gasteiger partial charge in [-0.25, -0.2) is 0 Å². The molecule has 1 fully saturated rings. The summed E-state index contributed by atoms with van der Waals surface area (Å²) < 4.78 is 6.61. The maximum absolute atomic E-state index is 11.1. The highest BCUT2D eigenvalue weighted by Crippen LogP contribution is 2.30. The van der Waals surface area contributed by atoms with Gasteiger partial charge in [0.2, 0.25) is 0 Å². The fraction of sp³-hybridized carbons (Fsp3) is 0.500. The van der Waals surface area contributed by atoms with E-state index in [1.807, 2.05) is 0 Å². The molecule has 5 N–H and O–H groups in total. The Bertz CT molecular complexity index is 419. The zero-order chi connectivity index (χ0) is 12.6. The van der Waals surface area contributed by atoms with E-state index in [1.165, 1.54) is 16.8 Å². The van der Waals surface area contributed by atoms with Gasteiger partial charge in [-0.2, -0.15) is 0 Å². The highest BCUT2D eigenvalue weighted by Gasteiger charge is 2.43. The maximum atomic E-state index is 11.1. The summed E-state index contributed by atoms with van der Waals surface area (Å²) in [5.74, 6) is -0.660. The van der Waals surface area contributed by atoms with Crippen LogP contribution in [-0.4, -0.2) is 50.7 Å². The summed E-state index contributed by atoms with van der Waals surface area (Å²) >= 11 is 0. The number of rotatable bonds is 3. The molecule has 2 rings (SSSR count). The van der Waals surface area contributed by atoms with Crippen molar-refractivity contribution in [3.63, 3.8) is 0 Å². The minimum absolute atomic E-state index is 0.167. The molecular formula is C10H14N2O5. The van der Waals surface area contributed by atoms with Crippen molar-refractivity contribution in [3.05, 3.63) is 24.0 Å². The molecule has 0 unspecified atom stereocenters. The van der Waals surface area contributed by atoms with E-state index in [0.29, 0.717) is 0 Å². The third-order valence-corrected chi connectivity index (χ3v) is 2.82. The molecule has 1 aromatic rings. The second kappa shape index (κ2) is 4.46. The number of nitrogens with two attached hydrogens (primary N) is 1. The van der Waals surface area contributed by atoms with Crippen molar-refractivity contribution in [1.82, 2.24) is 4.57 Å². The molecule has 1 aliphatic rings. The number of carbonyl (C=O) groups is 1. The van der Waals surface area contributed by atoms with E-state index in [2.05, 4.69) is 0 Å². The van der Waals surface area contributed by atoms with Gasteiger partial charge >= 0.3 is 0 Å². The highest BCUT2D eigenvalue weighted by atomic mass is 16.6. The summed E-state index contributed by atoms with van der Waals surface area (Å²) in [6.45, 7) is -0.415. The average Bonchev–Trinajstić information content (AvgIpc) is 2.86. The molecule has 0 aliphatic carbocycles. The normalized spacial score (nSPS) is 32.9. The van der Waals surface area contributed by atoms with Crippen molar-refractivity contribution in [3.8, 4) is 0 Å². The largest absolute Gasteiger partial charge is 0.394 e. The number of aromatic nitrogens is 1. The summed E-state index contributed by atoms with van der Waals surface area (Å²) in [5, 5.41) is 28.3. The number of aliphatic hydroxyl groups is 3. The van der Waals surface area contributed by atoms with Crippen LogP contribution in [0.1, 0.15) is 16.7 Å².